The van der Waals surface area contributed by atoms with E-state index in [0.29, 0.717) is 5.56 Å². The minimum absolute atomic E-state index is 0.0138. The first-order valence-electron chi connectivity index (χ1n) is 11.9. The quantitative estimate of drug-likeness (QED) is 0.456. The monoisotopic (exact) mass is 544 g/mol. The number of rotatable bonds is 7. The maximum Gasteiger partial charge on any atom is 0.408 e. The molecule has 2 aromatic rings. The number of aryl methyl sites for hydroxylation is 1. The molecule has 1 aliphatic carbocycles. The first-order chi connectivity index (χ1) is 17.8. The maximum absolute atomic E-state index is 13.7. The van der Waals surface area contributed by atoms with Crippen LogP contribution in [-0.4, -0.2) is 57.2 Å². The Morgan fingerprint density at radius 2 is 1.95 bits per heavy atom. The van der Waals surface area contributed by atoms with E-state index in [1.165, 1.54) is 25.3 Å². The highest BCUT2D eigenvalue weighted by molar-refractivity contribution is 6.00. The van der Waals surface area contributed by atoms with Crippen LogP contribution in [0.4, 0.5) is 27.8 Å². The number of hydrogen-bond donors (Lipinski definition) is 3. The van der Waals surface area contributed by atoms with Crippen LogP contribution >= 0.6 is 0 Å². The molecule has 1 saturated carbocycles. The third-order valence-corrected chi connectivity index (χ3v) is 6.83. The molecule has 10 nitrogen and oxygen atoms in total. The SMILES string of the molecule is Cc1nonc1C(=O)N[C@@H](C(=O)Nc1cc(C[C@H]2C[C@@H](C(F)(F)F)NC2=O)ccn1)C1CCC(F)(F)CC1. The minimum atomic E-state index is -4.55. The molecule has 1 aliphatic heterocycles. The summed E-state index contributed by atoms with van der Waals surface area (Å²) in [6, 6.07) is -0.219. The molecule has 2 fully saturated rings. The number of nitrogens with one attached hydrogen (secondary N) is 3. The van der Waals surface area contributed by atoms with Gasteiger partial charge in [0.05, 0.1) is 0 Å². The van der Waals surface area contributed by atoms with Crippen molar-refractivity contribution >= 4 is 23.5 Å². The fraction of sp³-hybridized carbons (Fsp3) is 0.565. The Hall–Kier alpha value is -3.65. The van der Waals surface area contributed by atoms with E-state index in [2.05, 4.69) is 30.6 Å². The van der Waals surface area contributed by atoms with Crippen molar-refractivity contribution in [3.63, 3.8) is 0 Å². The van der Waals surface area contributed by atoms with Gasteiger partial charge in [0.1, 0.15) is 23.6 Å². The third-order valence-electron chi connectivity index (χ3n) is 6.83. The second-order valence-corrected chi connectivity index (χ2v) is 9.62. The number of amides is 3. The second-order valence-electron chi connectivity index (χ2n) is 9.62. The van der Waals surface area contributed by atoms with Crippen molar-refractivity contribution in [2.45, 2.75) is 69.6 Å². The molecular formula is C23H25F5N6O4. The molecule has 3 heterocycles. The molecule has 38 heavy (non-hydrogen) atoms. The Balaban J connectivity index is 1.47. The first kappa shape index (κ1) is 27.4. The van der Waals surface area contributed by atoms with Crippen molar-refractivity contribution in [1.29, 1.82) is 0 Å². The first-order valence-corrected chi connectivity index (χ1v) is 11.9. The van der Waals surface area contributed by atoms with Gasteiger partial charge in [0.15, 0.2) is 5.69 Å². The predicted molar refractivity (Wildman–Crippen MR) is 120 cm³/mol. The zero-order chi connectivity index (χ0) is 27.7. The van der Waals surface area contributed by atoms with Crippen LogP contribution in [0.15, 0.2) is 23.0 Å². The molecule has 0 unspecified atom stereocenters. The summed E-state index contributed by atoms with van der Waals surface area (Å²) in [5.41, 5.74) is 0.478. The van der Waals surface area contributed by atoms with Gasteiger partial charge in [-0.1, -0.05) is 5.16 Å². The zero-order valence-corrected chi connectivity index (χ0v) is 20.1. The van der Waals surface area contributed by atoms with Crippen molar-refractivity contribution in [1.82, 2.24) is 25.9 Å². The Labute approximate surface area is 213 Å². The molecule has 2 aliphatic rings. The molecule has 3 N–H and O–H groups in total. The van der Waals surface area contributed by atoms with Crippen LogP contribution in [0.3, 0.4) is 0 Å². The highest BCUT2D eigenvalue weighted by atomic mass is 19.4. The molecule has 0 spiro atoms. The summed E-state index contributed by atoms with van der Waals surface area (Å²) in [5.74, 6) is -6.56. The summed E-state index contributed by atoms with van der Waals surface area (Å²) >= 11 is 0. The molecule has 0 radical (unpaired) electrons. The number of carbonyl (C=O) groups excluding carboxylic acids is 3. The number of halogens is 5. The summed E-state index contributed by atoms with van der Waals surface area (Å²) in [4.78, 5) is 42.0. The molecule has 1 saturated heterocycles. The van der Waals surface area contributed by atoms with E-state index >= 15 is 0 Å². The molecule has 3 amide bonds. The minimum Gasteiger partial charge on any atom is -0.344 e. The van der Waals surface area contributed by atoms with Crippen molar-refractivity contribution in [3.05, 3.63) is 35.3 Å². The maximum atomic E-state index is 13.7. The van der Waals surface area contributed by atoms with E-state index in [1.54, 1.807) is 0 Å². The van der Waals surface area contributed by atoms with E-state index in [-0.39, 0.29) is 36.5 Å². The van der Waals surface area contributed by atoms with E-state index in [4.69, 9.17) is 0 Å². The van der Waals surface area contributed by atoms with Gasteiger partial charge in [0, 0.05) is 25.0 Å². The van der Waals surface area contributed by atoms with Gasteiger partial charge in [-0.3, -0.25) is 14.4 Å². The number of nitrogens with zero attached hydrogens (tertiary/aromatic N) is 3. The van der Waals surface area contributed by atoms with E-state index in [0.717, 1.165) is 0 Å². The Kier molecular flexibility index (Phi) is 7.65. The lowest BCUT2D eigenvalue weighted by Gasteiger charge is -2.33. The summed E-state index contributed by atoms with van der Waals surface area (Å²) < 4.78 is 70.9. The van der Waals surface area contributed by atoms with Crippen LogP contribution in [-0.2, 0) is 16.0 Å². The van der Waals surface area contributed by atoms with E-state index in [1.807, 2.05) is 5.32 Å². The number of carbonyl (C=O) groups is 3. The summed E-state index contributed by atoms with van der Waals surface area (Å²) in [5, 5.41) is 14.0. The van der Waals surface area contributed by atoms with Gasteiger partial charge in [-0.2, -0.15) is 13.2 Å². The van der Waals surface area contributed by atoms with E-state index in [9.17, 15) is 36.3 Å². The molecule has 206 valence electrons. The lowest BCUT2D eigenvalue weighted by Crippen LogP contribution is -2.50. The van der Waals surface area contributed by atoms with Crippen LogP contribution in [0.2, 0.25) is 0 Å². The summed E-state index contributed by atoms with van der Waals surface area (Å²) in [6.07, 6.45) is -4.60. The summed E-state index contributed by atoms with van der Waals surface area (Å²) in [6.45, 7) is 1.47. The Morgan fingerprint density at radius 3 is 2.55 bits per heavy atom. The molecule has 0 aromatic carbocycles. The Morgan fingerprint density at radius 1 is 1.24 bits per heavy atom. The number of pyridine rings is 1. The van der Waals surface area contributed by atoms with Gasteiger partial charge in [-0.05, 0) is 61.4 Å². The van der Waals surface area contributed by atoms with Crippen molar-refractivity contribution in [2.24, 2.45) is 11.8 Å². The van der Waals surface area contributed by atoms with Gasteiger partial charge >= 0.3 is 6.18 Å². The molecular weight excluding hydrogens is 519 g/mol. The highest BCUT2D eigenvalue weighted by Crippen LogP contribution is 2.38. The normalized spacial score (nSPS) is 22.5. The lowest BCUT2D eigenvalue weighted by atomic mass is 9.81. The second kappa shape index (κ2) is 10.6. The largest absolute Gasteiger partial charge is 0.408 e. The zero-order valence-electron chi connectivity index (χ0n) is 20.1. The predicted octanol–water partition coefficient (Wildman–Crippen LogP) is 2.95. The van der Waals surface area contributed by atoms with Crippen LogP contribution in [0.5, 0.6) is 0 Å². The molecule has 4 rings (SSSR count). The Bertz CT molecular complexity index is 1190. The lowest BCUT2D eigenvalue weighted by molar-refractivity contribution is -0.154. The fourth-order valence-electron chi connectivity index (χ4n) is 4.73. The average molecular weight is 544 g/mol. The number of hydrogen-bond acceptors (Lipinski definition) is 7. The van der Waals surface area contributed by atoms with Crippen LogP contribution < -0.4 is 16.0 Å². The van der Waals surface area contributed by atoms with Gasteiger partial charge in [0.25, 0.3) is 5.91 Å². The molecule has 0 bridgehead atoms. The van der Waals surface area contributed by atoms with Gasteiger partial charge in [0.2, 0.25) is 17.7 Å². The highest BCUT2D eigenvalue weighted by Gasteiger charge is 2.47. The smallest absolute Gasteiger partial charge is 0.344 e. The fourth-order valence-corrected chi connectivity index (χ4v) is 4.73. The van der Waals surface area contributed by atoms with Crippen molar-refractivity contribution in [3.8, 4) is 0 Å². The van der Waals surface area contributed by atoms with Gasteiger partial charge in [-0.15, -0.1) is 0 Å². The van der Waals surface area contributed by atoms with Crippen molar-refractivity contribution in [2.75, 3.05) is 5.32 Å². The van der Waals surface area contributed by atoms with Crippen molar-refractivity contribution < 1.29 is 41.0 Å². The standard InChI is InChI=1S/C23H25F5N6O4/c1-11-17(34-38-33-11)20(36)32-18(13-2-5-22(24,25)6-3-13)21(37)31-16-9-12(4-7-29-16)8-14-10-15(23(26,27)28)30-19(14)35/h4,7,9,13-15,18H,2-3,5-6,8,10H2,1H3,(H,30,35)(H,32,36)(H,29,31,37)/t14-,15-,18+/m0/s1. The average Bonchev–Trinajstić information content (AvgIpc) is 3.43. The topological polar surface area (TPSA) is 139 Å². The van der Waals surface area contributed by atoms with Gasteiger partial charge < -0.3 is 16.0 Å². The summed E-state index contributed by atoms with van der Waals surface area (Å²) in [7, 11) is 0. The number of alkyl halides is 5. The molecule has 15 heteroatoms. The van der Waals surface area contributed by atoms with Crippen LogP contribution in [0.1, 0.15) is 53.8 Å². The number of anilines is 1. The molecule has 2 aromatic heterocycles. The number of aromatic nitrogens is 3. The molecule has 3 atom stereocenters. The third kappa shape index (κ3) is 6.42. The van der Waals surface area contributed by atoms with Crippen LogP contribution in [0.25, 0.3) is 0 Å². The van der Waals surface area contributed by atoms with Gasteiger partial charge in [-0.25, -0.2) is 18.4 Å². The van der Waals surface area contributed by atoms with Crippen LogP contribution in [0, 0.1) is 18.8 Å². The van der Waals surface area contributed by atoms with E-state index < -0.39 is 73.0 Å².